The average Bonchev–Trinajstić information content (AvgIpc) is 2.87. The summed E-state index contributed by atoms with van der Waals surface area (Å²) in [6.45, 7) is 1.18. The van der Waals surface area contributed by atoms with Crippen LogP contribution in [-0.2, 0) is 27.4 Å². The first-order valence-corrected chi connectivity index (χ1v) is 6.07. The van der Waals surface area contributed by atoms with Gasteiger partial charge in [-0.1, -0.05) is 5.21 Å². The molecule has 1 amide bonds. The largest absolute Gasteiger partial charge is 0.377 e. The Balaban J connectivity index is 2.14. The second-order valence-electron chi connectivity index (χ2n) is 3.75. The number of carbonyl (C=O) groups is 1. The Labute approximate surface area is 111 Å². The van der Waals surface area contributed by atoms with Crippen LogP contribution in [0.5, 0.6) is 0 Å². The van der Waals surface area contributed by atoms with E-state index in [-0.39, 0.29) is 12.5 Å². The fraction of sp³-hybridized carbons (Fsp3) is 0.727. The van der Waals surface area contributed by atoms with E-state index < -0.39 is 6.67 Å². The van der Waals surface area contributed by atoms with Gasteiger partial charge in [-0.2, -0.15) is 0 Å². The lowest BCUT2D eigenvalue weighted by atomic mass is 10.4. The van der Waals surface area contributed by atoms with Gasteiger partial charge in [0.05, 0.1) is 39.2 Å². The second kappa shape index (κ2) is 9.40. The molecule has 1 aromatic heterocycles. The molecule has 19 heavy (non-hydrogen) atoms. The zero-order valence-electron chi connectivity index (χ0n) is 11.0. The summed E-state index contributed by atoms with van der Waals surface area (Å²) in [5.41, 5.74) is 0.683. The SMILES string of the molecule is CNC(=O)CCOCc1cn(CCOCC[18F])nn1. The highest BCUT2D eigenvalue weighted by atomic mass is 18.2. The summed E-state index contributed by atoms with van der Waals surface area (Å²) in [5, 5.41) is 10.3. The molecule has 0 aliphatic rings. The van der Waals surface area contributed by atoms with Crippen LogP contribution in [0.4, 0.5) is 4.39 Å². The van der Waals surface area contributed by atoms with E-state index in [0.29, 0.717) is 38.5 Å². The van der Waals surface area contributed by atoms with E-state index in [1.165, 1.54) is 0 Å². The number of nitrogens with zero attached hydrogens (tertiary/aromatic N) is 3. The standard InChI is InChI=1S/C11H19FN4O3/c1-13-11(17)2-5-19-9-10-8-16(15-14-10)4-7-18-6-3-12/h8H,2-7,9H2,1H3,(H,13,17)/i12-1. The van der Waals surface area contributed by atoms with E-state index in [9.17, 15) is 9.18 Å². The molecule has 1 N–H and O–H groups in total. The molecule has 0 atom stereocenters. The van der Waals surface area contributed by atoms with Crippen molar-refractivity contribution >= 4 is 5.91 Å². The first-order valence-electron chi connectivity index (χ1n) is 6.07. The molecule has 1 heterocycles. The molecule has 1 rings (SSSR count). The second-order valence-corrected chi connectivity index (χ2v) is 3.75. The molecule has 0 radical (unpaired) electrons. The minimum atomic E-state index is -0.484. The Morgan fingerprint density at radius 2 is 2.26 bits per heavy atom. The van der Waals surface area contributed by atoms with Crippen LogP contribution in [0, 0.1) is 0 Å². The molecule has 0 aliphatic carbocycles. The number of hydrogen-bond donors (Lipinski definition) is 1. The van der Waals surface area contributed by atoms with Crippen LogP contribution >= 0.6 is 0 Å². The first-order chi connectivity index (χ1) is 9.26. The van der Waals surface area contributed by atoms with Gasteiger partial charge >= 0.3 is 0 Å². The highest BCUT2D eigenvalue weighted by Crippen LogP contribution is 1.97. The third-order valence-electron chi connectivity index (χ3n) is 2.27. The van der Waals surface area contributed by atoms with Crippen molar-refractivity contribution in [3.63, 3.8) is 0 Å². The average molecular weight is 273 g/mol. The third-order valence-corrected chi connectivity index (χ3v) is 2.27. The molecule has 0 unspecified atom stereocenters. The summed E-state index contributed by atoms with van der Waals surface area (Å²) in [7, 11) is 1.58. The van der Waals surface area contributed by atoms with Crippen molar-refractivity contribution in [2.45, 2.75) is 19.6 Å². The predicted molar refractivity (Wildman–Crippen MR) is 65.2 cm³/mol. The van der Waals surface area contributed by atoms with Crippen LogP contribution in [0.3, 0.4) is 0 Å². The van der Waals surface area contributed by atoms with Gasteiger partial charge in [-0.25, -0.2) is 9.07 Å². The molecule has 0 bridgehead atoms. The first kappa shape index (κ1) is 15.5. The van der Waals surface area contributed by atoms with Gasteiger partial charge in [0.15, 0.2) is 0 Å². The monoisotopic (exact) mass is 273 g/mol. The summed E-state index contributed by atoms with van der Waals surface area (Å²) in [6, 6.07) is 0. The van der Waals surface area contributed by atoms with Crippen LogP contribution in [0.25, 0.3) is 0 Å². The zero-order valence-corrected chi connectivity index (χ0v) is 11.0. The smallest absolute Gasteiger partial charge is 0.222 e. The normalized spacial score (nSPS) is 10.6. The molecule has 0 saturated heterocycles. The highest BCUT2D eigenvalue weighted by molar-refractivity contribution is 5.75. The summed E-state index contributed by atoms with van der Waals surface area (Å²) in [4.78, 5) is 10.9. The molecule has 0 saturated carbocycles. The van der Waals surface area contributed by atoms with Crippen molar-refractivity contribution in [3.05, 3.63) is 11.9 Å². The van der Waals surface area contributed by atoms with Crippen LogP contribution in [0.15, 0.2) is 6.20 Å². The van der Waals surface area contributed by atoms with Crippen molar-refractivity contribution in [2.24, 2.45) is 0 Å². The Morgan fingerprint density at radius 1 is 1.42 bits per heavy atom. The predicted octanol–water partition coefficient (Wildman–Crippen LogP) is -0.0831. The fourth-order valence-electron chi connectivity index (χ4n) is 1.30. The molecule has 0 aliphatic heterocycles. The number of halogens is 1. The lowest BCUT2D eigenvalue weighted by Gasteiger charge is -2.01. The number of alkyl halides is 1. The van der Waals surface area contributed by atoms with Gasteiger partial charge in [-0.15, -0.1) is 5.10 Å². The molecule has 7 nitrogen and oxygen atoms in total. The fourth-order valence-corrected chi connectivity index (χ4v) is 1.30. The van der Waals surface area contributed by atoms with Gasteiger partial charge in [0.1, 0.15) is 12.4 Å². The molecule has 0 aromatic carbocycles. The topological polar surface area (TPSA) is 78.3 Å². The molecule has 1 aromatic rings. The summed E-state index contributed by atoms with van der Waals surface area (Å²) in [6.07, 6.45) is 2.06. The maximum atomic E-state index is 11.8. The van der Waals surface area contributed by atoms with Crippen molar-refractivity contribution in [1.82, 2.24) is 20.3 Å². The molecular weight excluding hydrogens is 254 g/mol. The van der Waals surface area contributed by atoms with Gasteiger partial charge in [-0.05, 0) is 0 Å². The third kappa shape index (κ3) is 6.82. The van der Waals surface area contributed by atoms with Crippen LogP contribution in [0.1, 0.15) is 12.1 Å². The minimum absolute atomic E-state index is 0.0614. The molecule has 0 fully saturated rings. The van der Waals surface area contributed by atoms with Gasteiger partial charge < -0.3 is 14.8 Å². The van der Waals surface area contributed by atoms with Crippen molar-refractivity contribution in [2.75, 3.05) is 33.5 Å². The molecule has 0 spiro atoms. The van der Waals surface area contributed by atoms with E-state index in [2.05, 4.69) is 15.6 Å². The Hall–Kier alpha value is -1.54. The Bertz CT molecular complexity index is 373. The van der Waals surface area contributed by atoms with Gasteiger partial charge in [0.25, 0.3) is 0 Å². The van der Waals surface area contributed by atoms with Crippen molar-refractivity contribution < 1.29 is 18.7 Å². The van der Waals surface area contributed by atoms with Crippen LogP contribution in [-0.4, -0.2) is 54.4 Å². The number of rotatable bonds is 10. The number of ether oxygens (including phenoxy) is 2. The number of aromatic nitrogens is 3. The number of hydrogen-bond acceptors (Lipinski definition) is 5. The van der Waals surface area contributed by atoms with Gasteiger partial charge in [0, 0.05) is 13.5 Å². The molecular formula is C11H19FN4O3. The van der Waals surface area contributed by atoms with Crippen molar-refractivity contribution in [1.29, 1.82) is 0 Å². The summed E-state index contributed by atoms with van der Waals surface area (Å²) in [5.74, 6) is -0.0614. The van der Waals surface area contributed by atoms with E-state index >= 15 is 0 Å². The molecule has 8 heteroatoms. The lowest BCUT2D eigenvalue weighted by molar-refractivity contribution is -0.121. The zero-order chi connectivity index (χ0) is 13.9. The van der Waals surface area contributed by atoms with Gasteiger partial charge in [0.2, 0.25) is 5.91 Å². The Morgan fingerprint density at radius 3 is 3.00 bits per heavy atom. The van der Waals surface area contributed by atoms with E-state index in [0.717, 1.165) is 0 Å². The van der Waals surface area contributed by atoms with E-state index in [1.807, 2.05) is 0 Å². The Kier molecular flexibility index (Phi) is 7.68. The van der Waals surface area contributed by atoms with Crippen molar-refractivity contribution in [3.8, 4) is 0 Å². The maximum absolute atomic E-state index is 11.8. The highest BCUT2D eigenvalue weighted by Gasteiger charge is 2.02. The van der Waals surface area contributed by atoms with Crippen LogP contribution in [0.2, 0.25) is 0 Å². The number of nitrogens with one attached hydrogen (secondary N) is 1. The lowest BCUT2D eigenvalue weighted by Crippen LogP contribution is -2.19. The van der Waals surface area contributed by atoms with Crippen LogP contribution < -0.4 is 5.32 Å². The minimum Gasteiger partial charge on any atom is -0.377 e. The quantitative estimate of drug-likeness (QED) is 0.603. The maximum Gasteiger partial charge on any atom is 0.222 e. The molecule has 108 valence electrons. The van der Waals surface area contributed by atoms with E-state index in [4.69, 9.17) is 9.47 Å². The van der Waals surface area contributed by atoms with E-state index in [1.54, 1.807) is 17.9 Å². The summed E-state index contributed by atoms with van der Waals surface area (Å²) >= 11 is 0. The van der Waals surface area contributed by atoms with Gasteiger partial charge in [-0.3, -0.25) is 4.79 Å². The summed E-state index contributed by atoms with van der Waals surface area (Å²) < 4.78 is 23.7. The number of carbonyl (C=O) groups excluding carboxylic acids is 1. The number of amides is 1.